The van der Waals surface area contributed by atoms with Crippen LogP contribution in [-0.4, -0.2) is 42.8 Å². The van der Waals surface area contributed by atoms with Crippen molar-refractivity contribution in [1.29, 1.82) is 0 Å². The zero-order chi connectivity index (χ0) is 15.0. The highest BCUT2D eigenvalue weighted by molar-refractivity contribution is 6.05. The van der Waals surface area contributed by atoms with Crippen LogP contribution in [-0.2, 0) is 27.5 Å². The summed E-state index contributed by atoms with van der Waals surface area (Å²) < 4.78 is 1.17. The van der Waals surface area contributed by atoms with Gasteiger partial charge in [0.2, 0.25) is 11.8 Å². The number of nitrogens with zero attached hydrogens (tertiary/aromatic N) is 4. The van der Waals surface area contributed by atoms with Gasteiger partial charge in [-0.3, -0.25) is 19.3 Å². The van der Waals surface area contributed by atoms with Gasteiger partial charge in [0.05, 0.1) is 18.2 Å². The van der Waals surface area contributed by atoms with Gasteiger partial charge in [-0.25, -0.2) is 4.68 Å². The Morgan fingerprint density at radius 3 is 2.71 bits per heavy atom. The summed E-state index contributed by atoms with van der Waals surface area (Å²) in [5, 5.41) is 16.2. The van der Waals surface area contributed by atoms with Crippen LogP contribution in [0.5, 0.6) is 0 Å². The van der Waals surface area contributed by atoms with Gasteiger partial charge in [0.1, 0.15) is 12.2 Å². The molecule has 0 atom stereocenters. The molecule has 2 fully saturated rings. The lowest BCUT2D eigenvalue weighted by Gasteiger charge is -2.20. The molecular weight excluding hydrogens is 276 g/mol. The zero-order valence-corrected chi connectivity index (χ0v) is 11.5. The predicted molar refractivity (Wildman–Crippen MR) is 68.7 cm³/mol. The third-order valence-electron chi connectivity index (χ3n) is 4.25. The third-order valence-corrected chi connectivity index (χ3v) is 4.25. The van der Waals surface area contributed by atoms with E-state index in [4.69, 9.17) is 5.11 Å². The van der Waals surface area contributed by atoms with Gasteiger partial charge in [-0.05, 0) is 12.8 Å². The SMILES string of the molecule is O=C(O)Cn1cc(CN2C(=O)CC3(CCCC3)C2=O)nn1. The molecule has 1 saturated heterocycles. The Kier molecular flexibility index (Phi) is 3.23. The van der Waals surface area contributed by atoms with Crippen LogP contribution in [0.4, 0.5) is 0 Å². The summed E-state index contributed by atoms with van der Waals surface area (Å²) in [6.45, 7) is -0.224. The molecule has 8 nitrogen and oxygen atoms in total. The number of carbonyl (C=O) groups is 3. The number of likely N-dealkylation sites (tertiary alicyclic amines) is 1. The van der Waals surface area contributed by atoms with E-state index in [-0.39, 0.29) is 31.3 Å². The summed E-state index contributed by atoms with van der Waals surface area (Å²) in [7, 11) is 0. The van der Waals surface area contributed by atoms with Gasteiger partial charge in [0.25, 0.3) is 0 Å². The number of carboxylic acids is 1. The minimum Gasteiger partial charge on any atom is -0.480 e. The van der Waals surface area contributed by atoms with Crippen LogP contribution in [0.1, 0.15) is 37.8 Å². The summed E-state index contributed by atoms with van der Waals surface area (Å²) in [4.78, 5) is 36.4. The molecular formula is C13H16N4O4. The van der Waals surface area contributed by atoms with Crippen LogP contribution >= 0.6 is 0 Å². The lowest BCUT2D eigenvalue weighted by Crippen LogP contribution is -2.34. The second-order valence-corrected chi connectivity index (χ2v) is 5.75. The molecule has 2 heterocycles. The molecule has 1 aromatic rings. The molecule has 21 heavy (non-hydrogen) atoms. The van der Waals surface area contributed by atoms with E-state index in [1.54, 1.807) is 0 Å². The first kappa shape index (κ1) is 13.7. The van der Waals surface area contributed by atoms with E-state index < -0.39 is 11.4 Å². The number of hydrogen-bond donors (Lipinski definition) is 1. The molecule has 2 amide bonds. The van der Waals surface area contributed by atoms with Crippen LogP contribution in [0, 0.1) is 5.41 Å². The van der Waals surface area contributed by atoms with Crippen molar-refractivity contribution in [1.82, 2.24) is 19.9 Å². The number of aromatic nitrogens is 3. The van der Waals surface area contributed by atoms with Crippen molar-refractivity contribution in [2.45, 2.75) is 45.2 Å². The van der Waals surface area contributed by atoms with Gasteiger partial charge >= 0.3 is 5.97 Å². The predicted octanol–water partition coefficient (Wildman–Crippen LogP) is 0.182. The monoisotopic (exact) mass is 292 g/mol. The maximum Gasteiger partial charge on any atom is 0.325 e. The fraction of sp³-hybridized carbons (Fsp3) is 0.615. The number of carbonyl (C=O) groups excluding carboxylic acids is 2. The van der Waals surface area contributed by atoms with Gasteiger partial charge in [-0.15, -0.1) is 5.10 Å². The highest BCUT2D eigenvalue weighted by Crippen LogP contribution is 2.47. The minimum atomic E-state index is -1.02. The lowest BCUT2D eigenvalue weighted by molar-refractivity contribution is -0.142. The Hall–Kier alpha value is -2.25. The maximum atomic E-state index is 12.5. The largest absolute Gasteiger partial charge is 0.480 e. The Balaban J connectivity index is 1.72. The molecule has 2 aliphatic rings. The van der Waals surface area contributed by atoms with Crippen LogP contribution in [0.15, 0.2) is 6.20 Å². The second-order valence-electron chi connectivity index (χ2n) is 5.75. The van der Waals surface area contributed by atoms with E-state index in [0.717, 1.165) is 25.7 Å². The van der Waals surface area contributed by atoms with E-state index in [1.807, 2.05) is 0 Å². The van der Waals surface area contributed by atoms with Crippen molar-refractivity contribution in [3.63, 3.8) is 0 Å². The van der Waals surface area contributed by atoms with Gasteiger partial charge in [0, 0.05) is 6.42 Å². The number of hydrogen-bond acceptors (Lipinski definition) is 5. The van der Waals surface area contributed by atoms with Crippen molar-refractivity contribution in [3.8, 4) is 0 Å². The molecule has 1 aromatic heterocycles. The summed E-state index contributed by atoms with van der Waals surface area (Å²) in [6.07, 6.45) is 5.27. The van der Waals surface area contributed by atoms with Crippen molar-refractivity contribution in [3.05, 3.63) is 11.9 Å². The average molecular weight is 292 g/mol. The summed E-state index contributed by atoms with van der Waals surface area (Å²) in [5.74, 6) is -1.31. The third kappa shape index (κ3) is 2.41. The van der Waals surface area contributed by atoms with E-state index in [1.165, 1.54) is 15.8 Å². The van der Waals surface area contributed by atoms with Gasteiger partial charge in [0.15, 0.2) is 0 Å². The smallest absolute Gasteiger partial charge is 0.325 e. The molecule has 0 radical (unpaired) electrons. The van der Waals surface area contributed by atoms with Crippen LogP contribution < -0.4 is 0 Å². The fourth-order valence-corrected chi connectivity index (χ4v) is 3.25. The zero-order valence-electron chi connectivity index (χ0n) is 11.5. The minimum absolute atomic E-state index is 0.0685. The summed E-state index contributed by atoms with van der Waals surface area (Å²) >= 11 is 0. The molecule has 3 rings (SSSR count). The lowest BCUT2D eigenvalue weighted by atomic mass is 9.84. The van der Waals surface area contributed by atoms with Gasteiger partial charge in [-0.2, -0.15) is 0 Å². The van der Waals surface area contributed by atoms with Crippen LogP contribution in [0.2, 0.25) is 0 Å². The number of amides is 2. The molecule has 0 bridgehead atoms. The number of carboxylic acid groups (broad SMARTS) is 1. The van der Waals surface area contributed by atoms with Crippen LogP contribution in [0.3, 0.4) is 0 Å². The Labute approximate surface area is 120 Å². The fourth-order valence-electron chi connectivity index (χ4n) is 3.25. The Morgan fingerprint density at radius 2 is 2.05 bits per heavy atom. The first-order valence-corrected chi connectivity index (χ1v) is 6.96. The highest BCUT2D eigenvalue weighted by atomic mass is 16.4. The van der Waals surface area contributed by atoms with E-state index in [0.29, 0.717) is 5.69 Å². The molecule has 0 aromatic carbocycles. The van der Waals surface area contributed by atoms with E-state index in [2.05, 4.69) is 10.3 Å². The normalized spacial score (nSPS) is 20.7. The topological polar surface area (TPSA) is 105 Å². The molecule has 1 N–H and O–H groups in total. The molecule has 0 unspecified atom stereocenters. The van der Waals surface area contributed by atoms with E-state index >= 15 is 0 Å². The second kappa shape index (κ2) is 4.94. The summed E-state index contributed by atoms with van der Waals surface area (Å²) in [5.41, 5.74) is -0.0679. The first-order valence-electron chi connectivity index (χ1n) is 6.96. The Bertz CT molecular complexity index is 603. The van der Waals surface area contributed by atoms with Crippen molar-refractivity contribution in [2.24, 2.45) is 5.41 Å². The summed E-state index contributed by atoms with van der Waals surface area (Å²) in [6, 6.07) is 0. The quantitative estimate of drug-likeness (QED) is 0.794. The molecule has 1 aliphatic carbocycles. The standard InChI is InChI=1S/C13H16N4O4/c18-10-5-13(3-1-2-4-13)12(21)17(10)7-9-6-16(15-14-9)8-11(19)20/h6H,1-5,7-8H2,(H,19,20). The molecule has 1 saturated carbocycles. The van der Waals surface area contributed by atoms with Crippen LogP contribution in [0.25, 0.3) is 0 Å². The van der Waals surface area contributed by atoms with Crippen molar-refractivity contribution in [2.75, 3.05) is 0 Å². The highest BCUT2D eigenvalue weighted by Gasteiger charge is 2.52. The molecule has 8 heteroatoms. The van der Waals surface area contributed by atoms with Gasteiger partial charge in [-0.1, -0.05) is 18.1 Å². The number of imide groups is 1. The molecule has 112 valence electrons. The first-order chi connectivity index (χ1) is 10.00. The molecule has 1 aliphatic heterocycles. The van der Waals surface area contributed by atoms with Crippen molar-refractivity contribution < 1.29 is 19.5 Å². The maximum absolute atomic E-state index is 12.5. The number of rotatable bonds is 4. The van der Waals surface area contributed by atoms with Gasteiger partial charge < -0.3 is 5.11 Å². The van der Waals surface area contributed by atoms with E-state index in [9.17, 15) is 14.4 Å². The Morgan fingerprint density at radius 1 is 1.33 bits per heavy atom. The average Bonchev–Trinajstić information content (AvgIpc) is 3.09. The van der Waals surface area contributed by atoms with Crippen molar-refractivity contribution >= 4 is 17.8 Å². The number of aliphatic carboxylic acids is 1. The molecule has 1 spiro atoms.